The molecule has 0 amide bonds. The van der Waals surface area contributed by atoms with Gasteiger partial charge in [-0.3, -0.25) is 9.36 Å². The fourth-order valence-electron chi connectivity index (χ4n) is 2.49. The summed E-state index contributed by atoms with van der Waals surface area (Å²) < 4.78 is 1.71. The topological polar surface area (TPSA) is 72.2 Å². The first-order chi connectivity index (χ1) is 8.92. The van der Waals surface area contributed by atoms with Gasteiger partial charge >= 0.3 is 11.7 Å². The Morgan fingerprint density at radius 1 is 1.32 bits per heavy atom. The molecule has 0 spiro atoms. The van der Waals surface area contributed by atoms with Crippen molar-refractivity contribution in [1.82, 2.24) is 9.55 Å². The van der Waals surface area contributed by atoms with Gasteiger partial charge in [-0.25, -0.2) is 4.79 Å². The molecule has 0 saturated heterocycles. The van der Waals surface area contributed by atoms with Crippen LogP contribution in [0, 0.1) is 13.8 Å². The number of nitrogens with zero attached hydrogens (tertiary/aromatic N) is 2. The van der Waals surface area contributed by atoms with Gasteiger partial charge in [0.1, 0.15) is 0 Å². The molecular weight excluding hydrogens is 244 g/mol. The van der Waals surface area contributed by atoms with Gasteiger partial charge in [0.05, 0.1) is 0 Å². The van der Waals surface area contributed by atoms with E-state index in [1.54, 1.807) is 11.5 Å². The van der Waals surface area contributed by atoms with Crippen LogP contribution in [0.4, 0.5) is 0 Å². The first-order valence-corrected chi connectivity index (χ1v) is 6.72. The van der Waals surface area contributed by atoms with Crippen LogP contribution in [0.25, 0.3) is 0 Å². The Labute approximate surface area is 113 Å². The van der Waals surface area contributed by atoms with Gasteiger partial charge in [0.15, 0.2) is 0 Å². The Morgan fingerprint density at radius 2 is 1.89 bits per heavy atom. The minimum atomic E-state index is -0.834. The van der Waals surface area contributed by atoms with E-state index in [2.05, 4.69) is 4.98 Å². The molecule has 0 atom stereocenters. The summed E-state index contributed by atoms with van der Waals surface area (Å²) >= 11 is 0. The Balaban J connectivity index is 3.29. The Kier molecular flexibility index (Phi) is 5.27. The summed E-state index contributed by atoms with van der Waals surface area (Å²) in [6.45, 7) is 7.72. The van der Waals surface area contributed by atoms with Crippen LogP contribution in [-0.2, 0) is 11.2 Å². The molecule has 0 bridgehead atoms. The predicted molar refractivity (Wildman–Crippen MR) is 73.5 cm³/mol. The van der Waals surface area contributed by atoms with Gasteiger partial charge in [-0.2, -0.15) is 4.98 Å². The highest BCUT2D eigenvalue weighted by atomic mass is 16.4. The molecule has 0 fully saturated rings. The van der Waals surface area contributed by atoms with Crippen molar-refractivity contribution >= 4 is 5.97 Å². The molecule has 5 heteroatoms. The van der Waals surface area contributed by atoms with E-state index in [0.29, 0.717) is 12.1 Å². The lowest BCUT2D eigenvalue weighted by atomic mass is 10.0. The van der Waals surface area contributed by atoms with Crippen molar-refractivity contribution in [3.05, 3.63) is 27.4 Å². The van der Waals surface area contributed by atoms with Crippen LogP contribution in [0.5, 0.6) is 0 Å². The number of carbonyl (C=O) groups is 1. The molecule has 1 heterocycles. The van der Waals surface area contributed by atoms with Crippen molar-refractivity contribution in [2.75, 3.05) is 0 Å². The third-order valence-corrected chi connectivity index (χ3v) is 3.60. The normalized spacial score (nSPS) is 11.0. The highest BCUT2D eigenvalue weighted by molar-refractivity contribution is 5.67. The molecule has 1 rings (SSSR count). The average Bonchev–Trinajstić information content (AvgIpc) is 2.33. The summed E-state index contributed by atoms with van der Waals surface area (Å²) in [6.07, 6.45) is 2.20. The molecule has 1 N–H and O–H groups in total. The van der Waals surface area contributed by atoms with Crippen molar-refractivity contribution in [3.8, 4) is 0 Å². The van der Waals surface area contributed by atoms with Crippen molar-refractivity contribution < 1.29 is 9.90 Å². The lowest BCUT2D eigenvalue weighted by molar-refractivity contribution is -0.136. The molecule has 0 radical (unpaired) electrons. The average molecular weight is 266 g/mol. The monoisotopic (exact) mass is 266 g/mol. The van der Waals surface area contributed by atoms with Gasteiger partial charge in [-0.05, 0) is 38.7 Å². The Morgan fingerprint density at radius 3 is 2.37 bits per heavy atom. The van der Waals surface area contributed by atoms with E-state index in [1.807, 2.05) is 20.8 Å². The molecule has 5 nitrogen and oxygen atoms in total. The first-order valence-electron chi connectivity index (χ1n) is 6.72. The van der Waals surface area contributed by atoms with Crippen LogP contribution in [0.3, 0.4) is 0 Å². The second kappa shape index (κ2) is 6.50. The number of hydrogen-bond donors (Lipinski definition) is 1. The number of aliphatic carboxylic acids is 1. The van der Waals surface area contributed by atoms with Crippen molar-refractivity contribution in [2.24, 2.45) is 0 Å². The zero-order valence-electron chi connectivity index (χ0n) is 12.1. The predicted octanol–water partition coefficient (Wildman–Crippen LogP) is 2.24. The third-order valence-electron chi connectivity index (χ3n) is 3.60. The van der Waals surface area contributed by atoms with Gasteiger partial charge in [0.25, 0.3) is 0 Å². The molecule has 0 saturated carbocycles. The highest BCUT2D eigenvalue weighted by Crippen LogP contribution is 2.19. The smallest absolute Gasteiger partial charge is 0.348 e. The van der Waals surface area contributed by atoms with Crippen LogP contribution >= 0.6 is 0 Å². The third kappa shape index (κ3) is 3.43. The van der Waals surface area contributed by atoms with Gasteiger partial charge in [0.2, 0.25) is 0 Å². The van der Waals surface area contributed by atoms with E-state index >= 15 is 0 Å². The number of aromatic nitrogens is 2. The van der Waals surface area contributed by atoms with Gasteiger partial charge in [0, 0.05) is 23.9 Å². The number of carboxylic acid groups (broad SMARTS) is 1. The second-order valence-corrected chi connectivity index (χ2v) is 4.78. The fraction of sp³-hybridized carbons (Fsp3) is 0.643. The molecule has 0 aliphatic carbocycles. The molecule has 1 aromatic rings. The number of carboxylic acids is 1. The largest absolute Gasteiger partial charge is 0.481 e. The quantitative estimate of drug-likeness (QED) is 0.857. The molecule has 0 aliphatic heterocycles. The summed E-state index contributed by atoms with van der Waals surface area (Å²) in [4.78, 5) is 26.8. The molecule has 0 aromatic carbocycles. The lowest BCUT2D eigenvalue weighted by Crippen LogP contribution is -2.31. The van der Waals surface area contributed by atoms with E-state index in [-0.39, 0.29) is 18.2 Å². The van der Waals surface area contributed by atoms with Crippen LogP contribution < -0.4 is 5.69 Å². The number of hydrogen-bond acceptors (Lipinski definition) is 3. The van der Waals surface area contributed by atoms with E-state index in [9.17, 15) is 9.59 Å². The highest BCUT2D eigenvalue weighted by Gasteiger charge is 2.17. The lowest BCUT2D eigenvalue weighted by Gasteiger charge is -2.21. The maximum Gasteiger partial charge on any atom is 0.348 e. The molecule has 0 unspecified atom stereocenters. The summed E-state index contributed by atoms with van der Waals surface area (Å²) in [5, 5.41) is 8.79. The van der Waals surface area contributed by atoms with Crippen LogP contribution in [0.15, 0.2) is 4.79 Å². The maximum atomic E-state index is 12.0. The van der Waals surface area contributed by atoms with Gasteiger partial charge in [-0.15, -0.1) is 0 Å². The maximum absolute atomic E-state index is 12.0. The first kappa shape index (κ1) is 15.4. The zero-order chi connectivity index (χ0) is 14.6. The van der Waals surface area contributed by atoms with E-state index in [0.717, 1.165) is 24.1 Å². The second-order valence-electron chi connectivity index (χ2n) is 4.78. The van der Waals surface area contributed by atoms with Crippen LogP contribution in [0.1, 0.15) is 56.1 Å². The zero-order valence-corrected chi connectivity index (χ0v) is 12.1. The molecule has 19 heavy (non-hydrogen) atoms. The van der Waals surface area contributed by atoms with E-state index in [1.165, 1.54) is 0 Å². The summed E-state index contributed by atoms with van der Waals surface area (Å²) in [7, 11) is 0. The SMILES string of the molecule is CCC(CC)n1c(C)c(CCC(=O)O)c(C)nc1=O. The van der Waals surface area contributed by atoms with Gasteiger partial charge < -0.3 is 5.11 Å². The summed E-state index contributed by atoms with van der Waals surface area (Å²) in [5.74, 6) is -0.834. The van der Waals surface area contributed by atoms with Gasteiger partial charge in [-0.1, -0.05) is 13.8 Å². The summed E-state index contributed by atoms with van der Waals surface area (Å²) in [5.41, 5.74) is 2.15. The van der Waals surface area contributed by atoms with Crippen molar-refractivity contribution in [2.45, 2.75) is 59.4 Å². The standard InChI is InChI=1S/C14H22N2O3/c1-5-11(6-2)16-10(4)12(7-8-13(17)18)9(3)15-14(16)19/h11H,5-8H2,1-4H3,(H,17,18). The fourth-order valence-corrected chi connectivity index (χ4v) is 2.49. The minimum absolute atomic E-state index is 0.0600. The van der Waals surface area contributed by atoms with Crippen molar-refractivity contribution in [1.29, 1.82) is 0 Å². The molecule has 0 aliphatic rings. The molecule has 1 aromatic heterocycles. The molecule has 106 valence electrons. The van der Waals surface area contributed by atoms with Crippen LogP contribution in [-0.4, -0.2) is 20.6 Å². The number of rotatable bonds is 6. The minimum Gasteiger partial charge on any atom is -0.481 e. The van der Waals surface area contributed by atoms with Crippen molar-refractivity contribution in [3.63, 3.8) is 0 Å². The summed E-state index contributed by atoms with van der Waals surface area (Å²) in [6, 6.07) is 0.129. The molecular formula is C14H22N2O3. The van der Waals surface area contributed by atoms with E-state index in [4.69, 9.17) is 5.11 Å². The van der Waals surface area contributed by atoms with Crippen LogP contribution in [0.2, 0.25) is 0 Å². The van der Waals surface area contributed by atoms with E-state index < -0.39 is 5.97 Å². The number of aryl methyl sites for hydroxylation is 1. The Hall–Kier alpha value is -1.65. The Bertz CT molecular complexity index is 516.